The maximum atomic E-state index is 13.1. The van der Waals surface area contributed by atoms with Gasteiger partial charge in [0, 0.05) is 15.0 Å². The number of halogens is 3. The number of nitrogens with one attached hydrogen (secondary N) is 1. The van der Waals surface area contributed by atoms with Crippen LogP contribution in [0.5, 0.6) is 0 Å². The molecule has 96 valence electrons. The van der Waals surface area contributed by atoms with Crippen LogP contribution in [0, 0.1) is 5.82 Å². The third kappa shape index (κ3) is 3.23. The largest absolute Gasteiger partial charge is 0.394 e. The van der Waals surface area contributed by atoms with Gasteiger partial charge in [-0.2, -0.15) is 0 Å². The van der Waals surface area contributed by atoms with Crippen molar-refractivity contribution in [1.82, 2.24) is 0 Å². The zero-order chi connectivity index (χ0) is 13.1. The molecule has 0 saturated carbocycles. The molecule has 0 bridgehead atoms. The zero-order valence-electron chi connectivity index (χ0n) is 9.16. The Balaban J connectivity index is 2.19. The molecule has 1 unspecified atom stereocenters. The minimum absolute atomic E-state index is 0.0974. The summed E-state index contributed by atoms with van der Waals surface area (Å²) >= 11 is 10.7. The Hall–Kier alpha value is -0.620. The Bertz CT molecular complexity index is 529. The summed E-state index contributed by atoms with van der Waals surface area (Å²) in [5.41, 5.74) is 0.620. The lowest BCUT2D eigenvalue weighted by Crippen LogP contribution is -2.13. The first-order valence-corrected chi connectivity index (χ1v) is 7.16. The number of anilines is 1. The van der Waals surface area contributed by atoms with E-state index in [1.54, 1.807) is 12.1 Å². The van der Waals surface area contributed by atoms with Crippen molar-refractivity contribution in [1.29, 1.82) is 0 Å². The van der Waals surface area contributed by atoms with Crippen molar-refractivity contribution in [2.45, 2.75) is 6.04 Å². The van der Waals surface area contributed by atoms with Crippen molar-refractivity contribution in [3.63, 3.8) is 0 Å². The number of hydrogen-bond acceptors (Lipinski definition) is 3. The summed E-state index contributed by atoms with van der Waals surface area (Å²) in [5, 5.41) is 12.5. The lowest BCUT2D eigenvalue weighted by Gasteiger charge is -2.16. The molecule has 2 aromatic rings. The zero-order valence-corrected chi connectivity index (χ0v) is 12.3. The fraction of sp³-hybridized carbons (Fsp3) is 0.167. The first-order valence-electron chi connectivity index (χ1n) is 5.18. The Kier molecular flexibility index (Phi) is 4.61. The molecule has 1 aromatic heterocycles. The smallest absolute Gasteiger partial charge is 0.125 e. The molecule has 1 aromatic carbocycles. The maximum absolute atomic E-state index is 13.1. The molecule has 0 aliphatic rings. The molecule has 2 N–H and O–H groups in total. The number of rotatable bonds is 4. The normalized spacial score (nSPS) is 12.4. The summed E-state index contributed by atoms with van der Waals surface area (Å²) in [6.07, 6.45) is 0. The predicted octanol–water partition coefficient (Wildman–Crippen LogP) is 4.45. The fourth-order valence-corrected chi connectivity index (χ4v) is 3.30. The van der Waals surface area contributed by atoms with E-state index in [0.717, 1.165) is 9.35 Å². The predicted molar refractivity (Wildman–Crippen MR) is 76.9 cm³/mol. The second-order valence-electron chi connectivity index (χ2n) is 3.66. The maximum Gasteiger partial charge on any atom is 0.125 e. The van der Waals surface area contributed by atoms with Crippen molar-refractivity contribution in [3.05, 3.63) is 49.8 Å². The number of benzene rings is 1. The van der Waals surface area contributed by atoms with Gasteiger partial charge in [0.2, 0.25) is 0 Å². The summed E-state index contributed by atoms with van der Waals surface area (Å²) in [5.74, 6) is -0.318. The summed E-state index contributed by atoms with van der Waals surface area (Å²) in [4.78, 5) is 0.888. The molecule has 2 rings (SSSR count). The highest BCUT2D eigenvalue weighted by Crippen LogP contribution is 2.36. The van der Waals surface area contributed by atoms with E-state index >= 15 is 0 Å². The van der Waals surface area contributed by atoms with Crippen LogP contribution in [0.3, 0.4) is 0 Å². The first-order chi connectivity index (χ1) is 8.60. The van der Waals surface area contributed by atoms with E-state index < -0.39 is 0 Å². The van der Waals surface area contributed by atoms with Gasteiger partial charge in [-0.25, -0.2) is 4.39 Å². The SMILES string of the molecule is OCC(Nc1cccc(F)c1)c1cc(Br)c(Cl)s1. The van der Waals surface area contributed by atoms with E-state index in [2.05, 4.69) is 21.2 Å². The van der Waals surface area contributed by atoms with Crippen molar-refractivity contribution in [2.75, 3.05) is 11.9 Å². The molecule has 0 aliphatic heterocycles. The number of hydrogen-bond donors (Lipinski definition) is 2. The highest BCUT2D eigenvalue weighted by atomic mass is 79.9. The number of aliphatic hydroxyl groups excluding tert-OH is 1. The van der Waals surface area contributed by atoms with Gasteiger partial charge < -0.3 is 10.4 Å². The molecular weight excluding hydrogens is 341 g/mol. The molecular formula is C12H10BrClFNOS. The summed E-state index contributed by atoms with van der Waals surface area (Å²) in [7, 11) is 0. The molecule has 6 heteroatoms. The van der Waals surface area contributed by atoms with Crippen molar-refractivity contribution in [3.8, 4) is 0 Å². The van der Waals surface area contributed by atoms with E-state index in [-0.39, 0.29) is 18.5 Å². The minimum Gasteiger partial charge on any atom is -0.394 e. The van der Waals surface area contributed by atoms with Gasteiger partial charge >= 0.3 is 0 Å². The molecule has 0 spiro atoms. The van der Waals surface area contributed by atoms with Crippen LogP contribution in [-0.2, 0) is 0 Å². The van der Waals surface area contributed by atoms with Crippen LogP contribution in [0.15, 0.2) is 34.8 Å². The summed E-state index contributed by atoms with van der Waals surface area (Å²) in [6, 6.07) is 7.66. The van der Waals surface area contributed by atoms with Gasteiger partial charge in [-0.1, -0.05) is 17.7 Å². The monoisotopic (exact) mass is 349 g/mol. The Morgan fingerprint density at radius 3 is 2.78 bits per heavy atom. The summed E-state index contributed by atoms with van der Waals surface area (Å²) < 4.78 is 14.5. The third-order valence-corrected chi connectivity index (χ3v) is 4.94. The van der Waals surface area contributed by atoms with Crippen LogP contribution in [0.2, 0.25) is 4.34 Å². The van der Waals surface area contributed by atoms with Gasteiger partial charge in [0.1, 0.15) is 10.2 Å². The Labute approximate surface area is 122 Å². The Morgan fingerprint density at radius 1 is 1.44 bits per heavy atom. The van der Waals surface area contributed by atoms with Crippen molar-refractivity contribution >= 4 is 44.6 Å². The molecule has 0 fully saturated rings. The summed E-state index contributed by atoms with van der Waals surface area (Å²) in [6.45, 7) is -0.0974. The van der Waals surface area contributed by atoms with Crippen molar-refractivity contribution < 1.29 is 9.50 Å². The van der Waals surface area contributed by atoms with E-state index in [0.29, 0.717) is 10.0 Å². The lowest BCUT2D eigenvalue weighted by molar-refractivity contribution is 0.277. The van der Waals surface area contributed by atoms with Crippen LogP contribution < -0.4 is 5.32 Å². The molecule has 0 amide bonds. The van der Waals surface area contributed by atoms with E-state index in [4.69, 9.17) is 11.6 Å². The highest BCUT2D eigenvalue weighted by molar-refractivity contribution is 9.10. The third-order valence-electron chi connectivity index (χ3n) is 2.36. The van der Waals surface area contributed by atoms with Gasteiger partial charge in [-0.05, 0) is 40.2 Å². The van der Waals surface area contributed by atoms with E-state index in [1.165, 1.54) is 23.5 Å². The average molecular weight is 351 g/mol. The van der Waals surface area contributed by atoms with Gasteiger partial charge in [0.25, 0.3) is 0 Å². The van der Waals surface area contributed by atoms with Crippen molar-refractivity contribution in [2.24, 2.45) is 0 Å². The first kappa shape index (κ1) is 13.8. The molecule has 0 saturated heterocycles. The quantitative estimate of drug-likeness (QED) is 0.854. The molecule has 0 aliphatic carbocycles. The van der Waals surface area contributed by atoms with E-state index in [1.807, 2.05) is 6.07 Å². The highest BCUT2D eigenvalue weighted by Gasteiger charge is 2.15. The second-order valence-corrected chi connectivity index (χ2v) is 6.20. The fourth-order valence-electron chi connectivity index (χ4n) is 1.52. The van der Waals surface area contributed by atoms with Crippen LogP contribution in [-0.4, -0.2) is 11.7 Å². The average Bonchev–Trinajstić information content (AvgIpc) is 2.66. The number of thiophene rings is 1. The van der Waals surface area contributed by atoms with Gasteiger partial charge in [0.05, 0.1) is 12.6 Å². The van der Waals surface area contributed by atoms with Crippen LogP contribution in [0.1, 0.15) is 10.9 Å². The molecule has 2 nitrogen and oxygen atoms in total. The molecule has 18 heavy (non-hydrogen) atoms. The minimum atomic E-state index is -0.318. The van der Waals surface area contributed by atoms with Crippen LogP contribution >= 0.6 is 38.9 Å². The van der Waals surface area contributed by atoms with Crippen LogP contribution in [0.4, 0.5) is 10.1 Å². The standard InChI is InChI=1S/C12H10BrClFNOS/c13-9-5-11(18-12(9)14)10(6-17)16-8-3-1-2-7(15)4-8/h1-5,10,16-17H,6H2. The van der Waals surface area contributed by atoms with E-state index in [9.17, 15) is 9.50 Å². The van der Waals surface area contributed by atoms with Crippen LogP contribution in [0.25, 0.3) is 0 Å². The molecule has 1 heterocycles. The number of aliphatic hydroxyl groups is 1. The molecule has 1 atom stereocenters. The van der Waals surface area contributed by atoms with Gasteiger partial charge in [-0.3, -0.25) is 0 Å². The Morgan fingerprint density at radius 2 is 2.22 bits per heavy atom. The van der Waals surface area contributed by atoms with Gasteiger partial charge in [0.15, 0.2) is 0 Å². The second kappa shape index (κ2) is 6.02. The lowest BCUT2D eigenvalue weighted by atomic mass is 10.2. The van der Waals surface area contributed by atoms with Gasteiger partial charge in [-0.15, -0.1) is 11.3 Å². The molecule has 0 radical (unpaired) electrons. The topological polar surface area (TPSA) is 32.3 Å².